The van der Waals surface area contributed by atoms with Crippen LogP contribution in [0.2, 0.25) is 0 Å². The van der Waals surface area contributed by atoms with Crippen LogP contribution in [0.15, 0.2) is 18.2 Å². The lowest BCUT2D eigenvalue weighted by atomic mass is 10.0. The number of nitrogens with one attached hydrogen (secondary N) is 1. The van der Waals surface area contributed by atoms with Crippen LogP contribution in [0.4, 0.5) is 0 Å². The fourth-order valence-electron chi connectivity index (χ4n) is 1.39. The number of aromatic amines is 1. The predicted octanol–water partition coefficient (Wildman–Crippen LogP) is 0.372. The van der Waals surface area contributed by atoms with Crippen LogP contribution in [0.1, 0.15) is 18.6 Å². The van der Waals surface area contributed by atoms with Gasteiger partial charge in [0.1, 0.15) is 17.1 Å². The molecular formula is C9H11N3O2. The minimum Gasteiger partial charge on any atom is -0.390 e. The third kappa shape index (κ3) is 1.36. The first-order valence-corrected chi connectivity index (χ1v) is 4.35. The van der Waals surface area contributed by atoms with Crippen LogP contribution in [-0.2, 0) is 0 Å². The minimum atomic E-state index is -0.927. The number of rotatable bonds is 2. The summed E-state index contributed by atoms with van der Waals surface area (Å²) < 4.78 is 0. The molecule has 2 unspecified atom stereocenters. The van der Waals surface area contributed by atoms with Gasteiger partial charge in [-0.15, -0.1) is 0 Å². The summed E-state index contributed by atoms with van der Waals surface area (Å²) in [5.41, 5.74) is 1.87. The summed E-state index contributed by atoms with van der Waals surface area (Å²) in [5.74, 6) is 0. The number of hydrogen-bond acceptors (Lipinski definition) is 4. The van der Waals surface area contributed by atoms with Gasteiger partial charge >= 0.3 is 0 Å². The molecule has 1 aromatic heterocycles. The third-order valence-corrected chi connectivity index (χ3v) is 2.15. The van der Waals surface area contributed by atoms with E-state index < -0.39 is 12.2 Å². The molecule has 0 aliphatic carbocycles. The summed E-state index contributed by atoms with van der Waals surface area (Å²) >= 11 is 0. The van der Waals surface area contributed by atoms with Gasteiger partial charge in [0.05, 0.1) is 6.10 Å². The maximum Gasteiger partial charge on any atom is 0.118 e. The van der Waals surface area contributed by atoms with Gasteiger partial charge in [-0.3, -0.25) is 0 Å². The summed E-state index contributed by atoms with van der Waals surface area (Å²) in [4.78, 5) is 0. The third-order valence-electron chi connectivity index (χ3n) is 2.15. The van der Waals surface area contributed by atoms with E-state index in [4.69, 9.17) is 0 Å². The smallest absolute Gasteiger partial charge is 0.118 e. The minimum absolute atomic E-state index is 0.589. The molecule has 0 bridgehead atoms. The second kappa shape index (κ2) is 3.36. The van der Waals surface area contributed by atoms with Crippen LogP contribution in [0.5, 0.6) is 0 Å². The van der Waals surface area contributed by atoms with E-state index in [1.165, 1.54) is 6.92 Å². The van der Waals surface area contributed by atoms with E-state index in [9.17, 15) is 10.2 Å². The molecule has 2 rings (SSSR count). The van der Waals surface area contributed by atoms with Crippen molar-refractivity contribution < 1.29 is 10.2 Å². The van der Waals surface area contributed by atoms with E-state index in [1.807, 2.05) is 0 Å². The lowest BCUT2D eigenvalue weighted by Crippen LogP contribution is -2.14. The summed E-state index contributed by atoms with van der Waals surface area (Å²) in [6.45, 7) is 1.53. The van der Waals surface area contributed by atoms with Gasteiger partial charge in [-0.05, 0) is 13.0 Å². The van der Waals surface area contributed by atoms with Crippen molar-refractivity contribution in [3.05, 3.63) is 23.8 Å². The highest BCUT2D eigenvalue weighted by Crippen LogP contribution is 2.23. The van der Waals surface area contributed by atoms with Gasteiger partial charge in [-0.25, -0.2) is 0 Å². The Balaban J connectivity index is 2.56. The molecule has 0 aliphatic rings. The van der Waals surface area contributed by atoms with Crippen LogP contribution >= 0.6 is 0 Å². The molecule has 0 saturated heterocycles. The van der Waals surface area contributed by atoms with E-state index in [0.717, 1.165) is 0 Å². The van der Waals surface area contributed by atoms with Gasteiger partial charge in [-0.1, -0.05) is 12.1 Å². The molecule has 3 N–H and O–H groups in total. The first-order valence-electron chi connectivity index (χ1n) is 4.35. The molecule has 0 spiro atoms. The fraction of sp³-hybridized carbons (Fsp3) is 0.333. The zero-order chi connectivity index (χ0) is 10.1. The van der Waals surface area contributed by atoms with Crippen LogP contribution in [0, 0.1) is 0 Å². The van der Waals surface area contributed by atoms with E-state index in [1.54, 1.807) is 18.2 Å². The number of aliphatic hydroxyl groups excluding tert-OH is 2. The van der Waals surface area contributed by atoms with Gasteiger partial charge < -0.3 is 10.2 Å². The van der Waals surface area contributed by atoms with Crippen LogP contribution in [0.3, 0.4) is 0 Å². The van der Waals surface area contributed by atoms with E-state index in [-0.39, 0.29) is 0 Å². The quantitative estimate of drug-likeness (QED) is 0.643. The van der Waals surface area contributed by atoms with Crippen LogP contribution < -0.4 is 0 Å². The van der Waals surface area contributed by atoms with Crippen LogP contribution in [0.25, 0.3) is 11.0 Å². The Morgan fingerprint density at radius 2 is 2.07 bits per heavy atom. The highest BCUT2D eigenvalue weighted by molar-refractivity contribution is 5.77. The zero-order valence-corrected chi connectivity index (χ0v) is 7.68. The molecule has 14 heavy (non-hydrogen) atoms. The molecule has 0 radical (unpaired) electrons. The molecular weight excluding hydrogens is 182 g/mol. The van der Waals surface area contributed by atoms with Gasteiger partial charge in [0.25, 0.3) is 0 Å². The van der Waals surface area contributed by atoms with Crippen molar-refractivity contribution in [3.8, 4) is 0 Å². The van der Waals surface area contributed by atoms with Crippen molar-refractivity contribution in [2.75, 3.05) is 0 Å². The first kappa shape index (κ1) is 9.11. The maximum absolute atomic E-state index is 9.68. The summed E-state index contributed by atoms with van der Waals surface area (Å²) in [6, 6.07) is 5.28. The summed E-state index contributed by atoms with van der Waals surface area (Å²) in [5, 5.41) is 29.2. The topological polar surface area (TPSA) is 82.0 Å². The van der Waals surface area contributed by atoms with Gasteiger partial charge in [0.2, 0.25) is 0 Å². The normalized spacial score (nSPS) is 15.6. The van der Waals surface area contributed by atoms with Crippen molar-refractivity contribution in [1.29, 1.82) is 0 Å². The predicted molar refractivity (Wildman–Crippen MR) is 50.5 cm³/mol. The largest absolute Gasteiger partial charge is 0.390 e. The molecule has 2 aromatic rings. The van der Waals surface area contributed by atoms with Gasteiger partial charge in [-0.2, -0.15) is 15.4 Å². The highest BCUT2D eigenvalue weighted by Gasteiger charge is 2.17. The second-order valence-electron chi connectivity index (χ2n) is 3.22. The molecule has 0 saturated carbocycles. The number of fused-ring (bicyclic) bond motifs is 1. The number of para-hydroxylation sites is 1. The summed E-state index contributed by atoms with van der Waals surface area (Å²) in [7, 11) is 0. The van der Waals surface area contributed by atoms with Crippen molar-refractivity contribution in [2.45, 2.75) is 19.1 Å². The average molecular weight is 193 g/mol. The Hall–Kier alpha value is -1.46. The fourth-order valence-corrected chi connectivity index (χ4v) is 1.39. The van der Waals surface area contributed by atoms with Gasteiger partial charge in [0, 0.05) is 5.56 Å². The molecule has 0 aliphatic heterocycles. The van der Waals surface area contributed by atoms with Crippen molar-refractivity contribution in [3.63, 3.8) is 0 Å². The number of H-pyrrole nitrogens is 1. The molecule has 2 atom stereocenters. The Kier molecular flexibility index (Phi) is 2.18. The molecule has 5 nitrogen and oxygen atoms in total. The standard InChI is InChI=1S/C9H11N3O2/c1-5(13)9(14)6-3-2-4-7-8(6)11-12-10-7/h2-5,9,13-14H,1H3,(H,10,11,12). The maximum atomic E-state index is 9.68. The molecule has 74 valence electrons. The second-order valence-corrected chi connectivity index (χ2v) is 3.22. The monoisotopic (exact) mass is 193 g/mol. The molecule has 1 aromatic carbocycles. The summed E-state index contributed by atoms with van der Waals surface area (Å²) in [6.07, 6.45) is -1.75. The first-order chi connectivity index (χ1) is 6.70. The Morgan fingerprint density at radius 1 is 1.29 bits per heavy atom. The molecule has 5 heteroatoms. The van der Waals surface area contributed by atoms with Crippen molar-refractivity contribution in [2.24, 2.45) is 0 Å². The Bertz CT molecular complexity index is 438. The SMILES string of the molecule is CC(O)C(O)c1cccc2n[nH]nc12. The van der Waals surface area contributed by atoms with E-state index in [2.05, 4.69) is 15.4 Å². The Labute approximate surface area is 80.4 Å². The average Bonchev–Trinajstić information content (AvgIpc) is 2.63. The number of nitrogens with zero attached hydrogens (tertiary/aromatic N) is 2. The van der Waals surface area contributed by atoms with Crippen molar-refractivity contribution >= 4 is 11.0 Å². The van der Waals surface area contributed by atoms with Crippen molar-refractivity contribution in [1.82, 2.24) is 15.4 Å². The zero-order valence-electron chi connectivity index (χ0n) is 7.68. The molecule has 0 fully saturated rings. The van der Waals surface area contributed by atoms with E-state index in [0.29, 0.717) is 16.6 Å². The van der Waals surface area contributed by atoms with Crippen LogP contribution in [-0.4, -0.2) is 31.7 Å². The van der Waals surface area contributed by atoms with Gasteiger partial charge in [0.15, 0.2) is 0 Å². The molecule has 1 heterocycles. The Morgan fingerprint density at radius 3 is 2.79 bits per heavy atom. The lowest BCUT2D eigenvalue weighted by molar-refractivity contribution is 0.0313. The highest BCUT2D eigenvalue weighted by atomic mass is 16.3. The van der Waals surface area contributed by atoms with E-state index >= 15 is 0 Å². The lowest BCUT2D eigenvalue weighted by Gasteiger charge is -2.13. The number of aromatic nitrogens is 3. The number of aliphatic hydroxyl groups is 2. The number of benzene rings is 1. The number of hydrogen-bond donors (Lipinski definition) is 3. The molecule has 0 amide bonds.